The molecule has 4 rings (SSSR count). The van der Waals surface area contributed by atoms with Gasteiger partial charge in [-0.2, -0.15) is 0 Å². The van der Waals surface area contributed by atoms with Crippen LogP contribution >= 0.6 is 0 Å². The summed E-state index contributed by atoms with van der Waals surface area (Å²) >= 11 is 0. The van der Waals surface area contributed by atoms with Gasteiger partial charge >= 0.3 is 0 Å². The van der Waals surface area contributed by atoms with Gasteiger partial charge in [0.25, 0.3) is 5.91 Å². The molecular formula is C28H37N3O4S. The van der Waals surface area contributed by atoms with E-state index >= 15 is 0 Å². The second kappa shape index (κ2) is 12.5. The first-order valence-electron chi connectivity index (χ1n) is 13.1. The average molecular weight is 512 g/mol. The van der Waals surface area contributed by atoms with Crippen molar-refractivity contribution in [2.24, 2.45) is 5.92 Å². The quantitative estimate of drug-likeness (QED) is 0.572. The zero-order valence-electron chi connectivity index (χ0n) is 20.9. The molecule has 0 saturated carbocycles. The Morgan fingerprint density at radius 2 is 1.56 bits per heavy atom. The standard InChI is InChI=1S/C28H37N3O4S/c32-27(29-26-17-7-6-16-25(26)28(33)30-18-8-1-2-9-19-30)24-15-10-20-31(22-24)36(34,35)21-11-14-23-12-4-3-5-13-23/h3-7,12-13,16-17,24H,1-2,8-11,14-15,18-22H2,(H,29,32)/t24-/m0/s1. The van der Waals surface area contributed by atoms with Crippen LogP contribution in [0.1, 0.15) is 60.9 Å². The molecule has 0 unspecified atom stereocenters. The van der Waals surface area contributed by atoms with Crippen LogP contribution in [0.5, 0.6) is 0 Å². The van der Waals surface area contributed by atoms with Crippen LogP contribution in [-0.4, -0.2) is 61.4 Å². The van der Waals surface area contributed by atoms with Crippen LogP contribution < -0.4 is 5.32 Å². The lowest BCUT2D eigenvalue weighted by Gasteiger charge is -2.31. The number of hydrogen-bond donors (Lipinski definition) is 1. The van der Waals surface area contributed by atoms with Gasteiger partial charge in [0.15, 0.2) is 0 Å². The summed E-state index contributed by atoms with van der Waals surface area (Å²) in [4.78, 5) is 28.3. The minimum atomic E-state index is -3.44. The fraction of sp³-hybridized carbons (Fsp3) is 0.500. The van der Waals surface area contributed by atoms with Crippen molar-refractivity contribution >= 4 is 27.5 Å². The number of amides is 2. The molecule has 2 aromatic carbocycles. The molecule has 0 radical (unpaired) electrons. The maximum Gasteiger partial charge on any atom is 0.255 e. The molecule has 0 aliphatic carbocycles. The average Bonchev–Trinajstić information content (AvgIpc) is 3.19. The van der Waals surface area contributed by atoms with Crippen LogP contribution in [0, 0.1) is 5.92 Å². The van der Waals surface area contributed by atoms with E-state index in [-0.39, 0.29) is 24.1 Å². The number of likely N-dealkylation sites (tertiary alicyclic amines) is 1. The second-order valence-corrected chi connectivity index (χ2v) is 11.9. The summed E-state index contributed by atoms with van der Waals surface area (Å²) in [6, 6.07) is 17.0. The number of piperidine rings is 1. The van der Waals surface area contributed by atoms with Crippen LogP contribution in [0.3, 0.4) is 0 Å². The predicted octanol–water partition coefficient (Wildman–Crippen LogP) is 4.32. The Balaban J connectivity index is 1.36. The number of nitrogens with one attached hydrogen (secondary N) is 1. The summed E-state index contributed by atoms with van der Waals surface area (Å²) in [5.41, 5.74) is 2.12. The summed E-state index contributed by atoms with van der Waals surface area (Å²) in [5, 5.41) is 2.94. The first kappa shape index (κ1) is 26.4. The molecule has 0 spiro atoms. The van der Waals surface area contributed by atoms with Gasteiger partial charge in [0.2, 0.25) is 15.9 Å². The number of sulfonamides is 1. The van der Waals surface area contributed by atoms with Gasteiger partial charge in [0.05, 0.1) is 22.9 Å². The van der Waals surface area contributed by atoms with Gasteiger partial charge in [0, 0.05) is 26.2 Å². The van der Waals surface area contributed by atoms with Gasteiger partial charge in [-0.3, -0.25) is 9.59 Å². The third kappa shape index (κ3) is 6.95. The molecular weight excluding hydrogens is 474 g/mol. The van der Waals surface area contributed by atoms with Crippen molar-refractivity contribution in [3.05, 3.63) is 65.7 Å². The van der Waals surface area contributed by atoms with Crippen LogP contribution in [0.2, 0.25) is 0 Å². The van der Waals surface area contributed by atoms with Gasteiger partial charge < -0.3 is 10.2 Å². The van der Waals surface area contributed by atoms with Crippen LogP contribution in [-0.2, 0) is 21.2 Å². The number of benzene rings is 2. The van der Waals surface area contributed by atoms with E-state index in [1.54, 1.807) is 18.2 Å². The lowest BCUT2D eigenvalue weighted by atomic mass is 9.98. The Bertz CT molecular complexity index is 1130. The smallest absolute Gasteiger partial charge is 0.255 e. The van der Waals surface area contributed by atoms with E-state index in [1.165, 1.54) is 4.31 Å². The van der Waals surface area contributed by atoms with E-state index in [0.717, 1.165) is 44.3 Å². The first-order valence-corrected chi connectivity index (χ1v) is 14.8. The lowest BCUT2D eigenvalue weighted by molar-refractivity contribution is -0.120. The molecule has 1 N–H and O–H groups in total. The molecule has 2 amide bonds. The van der Waals surface area contributed by atoms with Crippen molar-refractivity contribution in [2.75, 3.05) is 37.2 Å². The molecule has 36 heavy (non-hydrogen) atoms. The largest absolute Gasteiger partial charge is 0.339 e. The van der Waals surface area contributed by atoms with E-state index in [0.29, 0.717) is 43.5 Å². The minimum Gasteiger partial charge on any atom is -0.339 e. The molecule has 0 bridgehead atoms. The highest BCUT2D eigenvalue weighted by molar-refractivity contribution is 7.89. The third-order valence-corrected chi connectivity index (χ3v) is 9.09. The fourth-order valence-corrected chi connectivity index (χ4v) is 6.68. The topological polar surface area (TPSA) is 86.8 Å². The third-order valence-electron chi connectivity index (χ3n) is 7.17. The highest BCUT2D eigenvalue weighted by Crippen LogP contribution is 2.24. The Morgan fingerprint density at radius 1 is 0.861 bits per heavy atom. The van der Waals surface area contributed by atoms with Crippen molar-refractivity contribution in [3.8, 4) is 0 Å². The zero-order chi connectivity index (χ0) is 25.4. The van der Waals surface area contributed by atoms with Crippen molar-refractivity contribution in [1.29, 1.82) is 0 Å². The van der Waals surface area contributed by atoms with E-state index in [1.807, 2.05) is 41.3 Å². The van der Waals surface area contributed by atoms with Crippen molar-refractivity contribution < 1.29 is 18.0 Å². The van der Waals surface area contributed by atoms with Crippen LogP contribution in [0.4, 0.5) is 5.69 Å². The Kier molecular flexibility index (Phi) is 9.15. The van der Waals surface area contributed by atoms with Gasteiger partial charge in [0.1, 0.15) is 0 Å². The van der Waals surface area contributed by atoms with E-state index in [4.69, 9.17) is 0 Å². The monoisotopic (exact) mass is 511 g/mol. The summed E-state index contributed by atoms with van der Waals surface area (Å²) in [5.74, 6) is -0.651. The molecule has 194 valence electrons. The van der Waals surface area contributed by atoms with Gasteiger partial charge in [-0.25, -0.2) is 12.7 Å². The Morgan fingerprint density at radius 3 is 2.31 bits per heavy atom. The molecule has 1 atom stereocenters. The molecule has 0 aromatic heterocycles. The summed E-state index contributed by atoms with van der Waals surface area (Å²) in [6.07, 6.45) is 6.79. The highest BCUT2D eigenvalue weighted by Gasteiger charge is 2.32. The molecule has 7 nitrogen and oxygen atoms in total. The zero-order valence-corrected chi connectivity index (χ0v) is 21.7. The van der Waals surface area contributed by atoms with Crippen LogP contribution in [0.25, 0.3) is 0 Å². The molecule has 2 heterocycles. The molecule has 8 heteroatoms. The number of rotatable bonds is 8. The van der Waals surface area contributed by atoms with Crippen LogP contribution in [0.15, 0.2) is 54.6 Å². The fourth-order valence-electron chi connectivity index (χ4n) is 5.10. The lowest BCUT2D eigenvalue weighted by Crippen LogP contribution is -2.44. The van der Waals surface area contributed by atoms with Gasteiger partial charge in [-0.15, -0.1) is 0 Å². The summed E-state index contributed by atoms with van der Waals surface area (Å²) in [6.45, 7) is 2.10. The molecule has 2 saturated heterocycles. The number of anilines is 1. The maximum atomic E-state index is 13.2. The van der Waals surface area contributed by atoms with E-state index in [9.17, 15) is 18.0 Å². The number of carbonyl (C=O) groups is 2. The molecule has 2 aliphatic rings. The van der Waals surface area contributed by atoms with Crippen molar-refractivity contribution in [2.45, 2.75) is 51.4 Å². The summed E-state index contributed by atoms with van der Waals surface area (Å²) < 4.78 is 27.5. The Labute approximate surface area is 214 Å². The normalized spacial score (nSPS) is 19.4. The van der Waals surface area contributed by atoms with E-state index < -0.39 is 15.9 Å². The van der Waals surface area contributed by atoms with Crippen molar-refractivity contribution in [1.82, 2.24) is 9.21 Å². The number of nitrogens with zero attached hydrogens (tertiary/aromatic N) is 2. The number of carbonyl (C=O) groups excluding carboxylic acids is 2. The first-order chi connectivity index (χ1) is 17.4. The SMILES string of the molecule is O=C(Nc1ccccc1C(=O)N1CCCCCC1)[C@H]1CCCN(S(=O)(=O)CCCc2ccccc2)C1. The summed E-state index contributed by atoms with van der Waals surface area (Å²) in [7, 11) is -3.44. The maximum absolute atomic E-state index is 13.2. The van der Waals surface area contributed by atoms with E-state index in [2.05, 4.69) is 5.32 Å². The molecule has 2 fully saturated rings. The number of hydrogen-bond acceptors (Lipinski definition) is 4. The van der Waals surface area contributed by atoms with Gasteiger partial charge in [-0.1, -0.05) is 55.3 Å². The number of para-hydroxylation sites is 1. The Hall–Kier alpha value is -2.71. The minimum absolute atomic E-state index is 0.0564. The molecule has 2 aromatic rings. The second-order valence-electron chi connectivity index (χ2n) is 9.84. The highest BCUT2D eigenvalue weighted by atomic mass is 32.2. The number of aryl methyl sites for hydroxylation is 1. The predicted molar refractivity (Wildman–Crippen MR) is 142 cm³/mol. The van der Waals surface area contributed by atoms with Crippen molar-refractivity contribution in [3.63, 3.8) is 0 Å². The molecule has 2 aliphatic heterocycles. The van der Waals surface area contributed by atoms with Gasteiger partial charge in [-0.05, 0) is 56.2 Å².